The zero-order chi connectivity index (χ0) is 18.5. The third-order valence-corrected chi connectivity index (χ3v) is 4.21. The Kier molecular flexibility index (Phi) is 5.35. The van der Waals surface area contributed by atoms with E-state index in [2.05, 4.69) is 21.2 Å². The number of halogens is 1. The molecule has 0 aliphatic heterocycles. The molecule has 4 nitrogen and oxygen atoms in total. The van der Waals surface area contributed by atoms with Gasteiger partial charge in [-0.05, 0) is 48.9 Å². The zero-order valence-corrected chi connectivity index (χ0v) is 15.6. The first-order valence-electron chi connectivity index (χ1n) is 7.91. The lowest BCUT2D eigenvalue weighted by atomic mass is 10.2. The van der Waals surface area contributed by atoms with Gasteiger partial charge in [-0.25, -0.2) is 0 Å². The lowest BCUT2D eigenvalue weighted by Gasteiger charge is -2.04. The third-order valence-electron chi connectivity index (χ3n) is 3.68. The minimum absolute atomic E-state index is 0.0248. The van der Waals surface area contributed by atoms with Crippen molar-refractivity contribution in [2.75, 3.05) is 5.32 Å². The molecule has 0 radical (unpaired) electrons. The SMILES string of the molecule is Cc1cccc(NC(=O)C(C#N)=Cc2ccc(-c3ccc(Br)cc3)o2)c1. The van der Waals surface area contributed by atoms with Crippen LogP contribution in [0, 0.1) is 18.3 Å². The molecule has 0 atom stereocenters. The van der Waals surface area contributed by atoms with Gasteiger partial charge in [-0.3, -0.25) is 4.79 Å². The van der Waals surface area contributed by atoms with E-state index in [-0.39, 0.29) is 5.57 Å². The Morgan fingerprint density at radius 3 is 2.62 bits per heavy atom. The number of nitriles is 1. The first kappa shape index (κ1) is 17.7. The van der Waals surface area contributed by atoms with Gasteiger partial charge in [0.05, 0.1) is 0 Å². The number of anilines is 1. The van der Waals surface area contributed by atoms with Gasteiger partial charge >= 0.3 is 0 Å². The van der Waals surface area contributed by atoms with Gasteiger partial charge in [0.25, 0.3) is 5.91 Å². The summed E-state index contributed by atoms with van der Waals surface area (Å²) in [5.41, 5.74) is 2.56. The minimum atomic E-state index is -0.473. The highest BCUT2D eigenvalue weighted by Gasteiger charge is 2.11. The zero-order valence-electron chi connectivity index (χ0n) is 14.0. The summed E-state index contributed by atoms with van der Waals surface area (Å²) in [6, 6.07) is 20.5. The molecule has 0 fully saturated rings. The molecule has 3 rings (SSSR count). The molecule has 0 saturated carbocycles. The number of carbonyl (C=O) groups is 1. The van der Waals surface area contributed by atoms with Crippen LogP contribution >= 0.6 is 15.9 Å². The van der Waals surface area contributed by atoms with Gasteiger partial charge in [0.2, 0.25) is 0 Å². The van der Waals surface area contributed by atoms with Crippen molar-refractivity contribution in [3.63, 3.8) is 0 Å². The first-order valence-corrected chi connectivity index (χ1v) is 8.70. The second kappa shape index (κ2) is 7.85. The van der Waals surface area contributed by atoms with Crippen molar-refractivity contribution in [1.82, 2.24) is 0 Å². The topological polar surface area (TPSA) is 66.0 Å². The number of carbonyl (C=O) groups excluding carboxylic acids is 1. The van der Waals surface area contributed by atoms with Crippen LogP contribution in [0.5, 0.6) is 0 Å². The quantitative estimate of drug-likeness (QED) is 0.455. The molecular formula is C21H15BrN2O2. The summed E-state index contributed by atoms with van der Waals surface area (Å²) < 4.78 is 6.72. The van der Waals surface area contributed by atoms with Crippen molar-refractivity contribution in [1.29, 1.82) is 5.26 Å². The van der Waals surface area contributed by atoms with Crippen LogP contribution in [-0.2, 0) is 4.79 Å². The van der Waals surface area contributed by atoms with Crippen LogP contribution in [0.15, 0.2) is 75.1 Å². The molecule has 0 aliphatic carbocycles. The number of hydrogen-bond donors (Lipinski definition) is 1. The third kappa shape index (κ3) is 4.29. The van der Waals surface area contributed by atoms with Crippen LogP contribution in [0.25, 0.3) is 17.4 Å². The number of nitrogens with zero attached hydrogens (tertiary/aromatic N) is 1. The van der Waals surface area contributed by atoms with E-state index in [1.165, 1.54) is 6.08 Å². The summed E-state index contributed by atoms with van der Waals surface area (Å²) in [4.78, 5) is 12.3. The Morgan fingerprint density at radius 1 is 1.15 bits per heavy atom. The van der Waals surface area contributed by atoms with Crippen LogP contribution in [0.4, 0.5) is 5.69 Å². The largest absolute Gasteiger partial charge is 0.457 e. The standard InChI is InChI=1S/C21H15BrN2O2/c1-14-3-2-4-18(11-14)24-21(25)16(13-23)12-19-9-10-20(26-19)15-5-7-17(22)8-6-15/h2-12H,1H3,(H,24,25). The maximum absolute atomic E-state index is 12.3. The summed E-state index contributed by atoms with van der Waals surface area (Å²) in [5, 5.41) is 12.0. The van der Waals surface area contributed by atoms with Crippen LogP contribution in [-0.4, -0.2) is 5.91 Å². The van der Waals surface area contributed by atoms with Crippen LogP contribution in [0.3, 0.4) is 0 Å². The van der Waals surface area contributed by atoms with E-state index in [4.69, 9.17) is 4.42 Å². The highest BCUT2D eigenvalue weighted by atomic mass is 79.9. The Labute approximate surface area is 159 Å². The van der Waals surface area contributed by atoms with Crippen molar-refractivity contribution in [3.05, 3.63) is 82.0 Å². The maximum Gasteiger partial charge on any atom is 0.266 e. The summed E-state index contributed by atoms with van der Waals surface area (Å²) >= 11 is 3.39. The van der Waals surface area contributed by atoms with Crippen molar-refractivity contribution in [3.8, 4) is 17.4 Å². The monoisotopic (exact) mass is 406 g/mol. The van der Waals surface area contributed by atoms with Gasteiger partial charge < -0.3 is 9.73 Å². The van der Waals surface area contributed by atoms with Crippen molar-refractivity contribution in [2.45, 2.75) is 6.92 Å². The highest BCUT2D eigenvalue weighted by molar-refractivity contribution is 9.10. The normalized spacial score (nSPS) is 11.0. The molecule has 2 aromatic carbocycles. The number of rotatable bonds is 4. The van der Waals surface area contributed by atoms with Crippen LogP contribution in [0.2, 0.25) is 0 Å². The average molecular weight is 407 g/mol. The number of amides is 1. The number of nitrogens with one attached hydrogen (secondary N) is 1. The molecule has 0 bridgehead atoms. The van der Waals surface area contributed by atoms with Gasteiger partial charge in [0.1, 0.15) is 23.2 Å². The fourth-order valence-corrected chi connectivity index (χ4v) is 2.68. The van der Waals surface area contributed by atoms with E-state index < -0.39 is 5.91 Å². The Hall–Kier alpha value is -3.10. The van der Waals surface area contributed by atoms with E-state index >= 15 is 0 Å². The molecule has 0 spiro atoms. The summed E-state index contributed by atoms with van der Waals surface area (Å²) in [5.74, 6) is 0.638. The van der Waals surface area contributed by atoms with E-state index in [9.17, 15) is 10.1 Å². The first-order chi connectivity index (χ1) is 12.5. The molecule has 1 N–H and O–H groups in total. The predicted molar refractivity (Wildman–Crippen MR) is 105 cm³/mol. The second-order valence-corrected chi connectivity index (χ2v) is 6.62. The molecule has 26 heavy (non-hydrogen) atoms. The molecule has 0 unspecified atom stereocenters. The molecule has 0 aliphatic rings. The average Bonchev–Trinajstić information content (AvgIpc) is 3.09. The van der Waals surface area contributed by atoms with Gasteiger partial charge in [-0.1, -0.05) is 40.2 Å². The van der Waals surface area contributed by atoms with Crippen molar-refractivity contribution in [2.24, 2.45) is 0 Å². The number of benzene rings is 2. The summed E-state index contributed by atoms with van der Waals surface area (Å²) in [7, 11) is 0. The predicted octanol–water partition coefficient (Wildman–Crippen LogP) is 5.56. The van der Waals surface area contributed by atoms with Gasteiger partial charge in [-0.2, -0.15) is 5.26 Å². The lowest BCUT2D eigenvalue weighted by Crippen LogP contribution is -2.13. The molecule has 0 saturated heterocycles. The number of aryl methyl sites for hydroxylation is 1. The number of hydrogen-bond acceptors (Lipinski definition) is 3. The van der Waals surface area contributed by atoms with Gasteiger partial charge in [-0.15, -0.1) is 0 Å². The summed E-state index contributed by atoms with van der Waals surface area (Å²) in [6.45, 7) is 1.93. The fraction of sp³-hybridized carbons (Fsp3) is 0.0476. The lowest BCUT2D eigenvalue weighted by molar-refractivity contribution is -0.112. The molecule has 3 aromatic rings. The van der Waals surface area contributed by atoms with Crippen LogP contribution in [0.1, 0.15) is 11.3 Å². The fourth-order valence-electron chi connectivity index (χ4n) is 2.41. The summed E-state index contributed by atoms with van der Waals surface area (Å²) in [6.07, 6.45) is 1.44. The van der Waals surface area contributed by atoms with Crippen molar-refractivity contribution < 1.29 is 9.21 Å². The van der Waals surface area contributed by atoms with Crippen LogP contribution < -0.4 is 5.32 Å². The maximum atomic E-state index is 12.3. The highest BCUT2D eigenvalue weighted by Crippen LogP contribution is 2.25. The van der Waals surface area contributed by atoms with E-state index in [1.54, 1.807) is 12.1 Å². The molecule has 1 aromatic heterocycles. The van der Waals surface area contributed by atoms with Gasteiger partial charge in [0.15, 0.2) is 0 Å². The van der Waals surface area contributed by atoms with E-state index in [0.29, 0.717) is 17.2 Å². The van der Waals surface area contributed by atoms with E-state index in [0.717, 1.165) is 15.6 Å². The number of furan rings is 1. The minimum Gasteiger partial charge on any atom is -0.457 e. The van der Waals surface area contributed by atoms with Crippen molar-refractivity contribution >= 4 is 33.6 Å². The Bertz CT molecular complexity index is 1010. The smallest absolute Gasteiger partial charge is 0.266 e. The Morgan fingerprint density at radius 2 is 1.92 bits per heavy atom. The molecule has 1 amide bonds. The second-order valence-electron chi connectivity index (χ2n) is 5.70. The molecular weight excluding hydrogens is 392 g/mol. The molecule has 1 heterocycles. The van der Waals surface area contributed by atoms with Gasteiger partial charge in [0, 0.05) is 21.8 Å². The Balaban J connectivity index is 1.80. The molecule has 5 heteroatoms. The van der Waals surface area contributed by atoms with E-state index in [1.807, 2.05) is 61.5 Å². The molecule has 128 valence electrons.